The van der Waals surface area contributed by atoms with Gasteiger partial charge in [-0.25, -0.2) is 4.79 Å². The van der Waals surface area contributed by atoms with E-state index in [1.165, 1.54) is 12.8 Å². The van der Waals surface area contributed by atoms with Crippen molar-refractivity contribution in [1.29, 1.82) is 0 Å². The minimum absolute atomic E-state index is 0.223. The molecule has 0 saturated heterocycles. The molecule has 0 spiro atoms. The highest BCUT2D eigenvalue weighted by atomic mass is 16.6. The van der Waals surface area contributed by atoms with Gasteiger partial charge in [-0.2, -0.15) is 0 Å². The van der Waals surface area contributed by atoms with Crippen molar-refractivity contribution in [3.05, 3.63) is 0 Å². The van der Waals surface area contributed by atoms with Crippen molar-refractivity contribution in [3.63, 3.8) is 0 Å². The topological polar surface area (TPSA) is 70.6 Å². The molecule has 1 amide bonds. The minimum Gasteiger partial charge on any atom is -0.444 e. The van der Waals surface area contributed by atoms with E-state index < -0.39 is 5.60 Å². The maximum Gasteiger partial charge on any atom is 0.407 e. The Balaban J connectivity index is 2.33. The van der Waals surface area contributed by atoms with Crippen LogP contribution in [0.1, 0.15) is 52.9 Å². The maximum atomic E-state index is 11.7. The first-order valence-electron chi connectivity index (χ1n) is 7.73. The average Bonchev–Trinajstić information content (AvgIpc) is 2.36. The van der Waals surface area contributed by atoms with Crippen LogP contribution in [-0.2, 0) is 4.74 Å². The lowest BCUT2D eigenvalue weighted by molar-refractivity contribution is 0.0510. The fraction of sp³-hybridized carbons (Fsp3) is 0.933. The molecule has 0 bridgehead atoms. The SMILES string of the molecule is CC(C)(C)OC(=O)NCC1CCCCC1NCCCO. The molecule has 2 unspecified atom stereocenters. The number of carbonyl (C=O) groups is 1. The molecule has 1 aliphatic carbocycles. The summed E-state index contributed by atoms with van der Waals surface area (Å²) in [7, 11) is 0. The van der Waals surface area contributed by atoms with Crippen molar-refractivity contribution < 1.29 is 14.6 Å². The second-order valence-electron chi connectivity index (χ2n) is 6.57. The Morgan fingerprint density at radius 1 is 1.30 bits per heavy atom. The summed E-state index contributed by atoms with van der Waals surface area (Å²) in [5.74, 6) is 0.454. The molecule has 0 aromatic rings. The summed E-state index contributed by atoms with van der Waals surface area (Å²) in [5, 5.41) is 15.2. The Morgan fingerprint density at radius 2 is 2.00 bits per heavy atom. The monoisotopic (exact) mass is 286 g/mol. The fourth-order valence-electron chi connectivity index (χ4n) is 2.62. The van der Waals surface area contributed by atoms with E-state index in [4.69, 9.17) is 9.84 Å². The molecule has 0 aromatic heterocycles. The zero-order chi connectivity index (χ0) is 15.0. The van der Waals surface area contributed by atoms with Crippen LogP contribution in [0, 0.1) is 5.92 Å². The van der Waals surface area contributed by atoms with Gasteiger partial charge in [0.05, 0.1) is 0 Å². The van der Waals surface area contributed by atoms with Gasteiger partial charge in [0.1, 0.15) is 5.60 Å². The van der Waals surface area contributed by atoms with Crippen molar-refractivity contribution in [2.75, 3.05) is 19.7 Å². The van der Waals surface area contributed by atoms with E-state index >= 15 is 0 Å². The summed E-state index contributed by atoms with van der Waals surface area (Å²) in [6.07, 6.45) is 5.18. The number of hydrogen-bond acceptors (Lipinski definition) is 4. The molecular formula is C15H30N2O3. The van der Waals surface area contributed by atoms with Gasteiger partial charge in [0.25, 0.3) is 0 Å². The van der Waals surface area contributed by atoms with Gasteiger partial charge < -0.3 is 20.5 Å². The van der Waals surface area contributed by atoms with Gasteiger partial charge in [0.15, 0.2) is 0 Å². The molecule has 0 aliphatic heterocycles. The second kappa shape index (κ2) is 8.47. The second-order valence-corrected chi connectivity index (χ2v) is 6.57. The standard InChI is InChI=1S/C15H30N2O3/c1-15(2,3)20-14(19)17-11-12-7-4-5-8-13(12)16-9-6-10-18/h12-13,16,18H,4-11H2,1-3H3,(H,17,19). The van der Waals surface area contributed by atoms with Crippen LogP contribution in [0.2, 0.25) is 0 Å². The molecule has 5 nitrogen and oxygen atoms in total. The summed E-state index contributed by atoms with van der Waals surface area (Å²) < 4.78 is 5.26. The van der Waals surface area contributed by atoms with E-state index in [0.29, 0.717) is 18.5 Å². The maximum absolute atomic E-state index is 11.7. The van der Waals surface area contributed by atoms with Gasteiger partial charge >= 0.3 is 6.09 Å². The van der Waals surface area contributed by atoms with Gasteiger partial charge in [0.2, 0.25) is 0 Å². The highest BCUT2D eigenvalue weighted by Gasteiger charge is 2.25. The zero-order valence-corrected chi connectivity index (χ0v) is 13.1. The quantitative estimate of drug-likeness (QED) is 0.654. The van der Waals surface area contributed by atoms with Gasteiger partial charge in [-0.05, 0) is 52.5 Å². The first-order chi connectivity index (χ1) is 9.42. The fourth-order valence-corrected chi connectivity index (χ4v) is 2.62. The third kappa shape index (κ3) is 7.10. The lowest BCUT2D eigenvalue weighted by atomic mass is 9.84. The van der Waals surface area contributed by atoms with E-state index in [1.54, 1.807) is 0 Å². The number of nitrogens with one attached hydrogen (secondary N) is 2. The number of aliphatic hydroxyl groups excluding tert-OH is 1. The molecule has 1 aliphatic rings. The van der Waals surface area contributed by atoms with E-state index in [0.717, 1.165) is 25.8 Å². The summed E-state index contributed by atoms with van der Waals surface area (Å²) in [4.78, 5) is 11.7. The van der Waals surface area contributed by atoms with Crippen molar-refractivity contribution in [3.8, 4) is 0 Å². The molecule has 118 valence electrons. The predicted molar refractivity (Wildman–Crippen MR) is 79.7 cm³/mol. The van der Waals surface area contributed by atoms with Crippen molar-refractivity contribution in [2.24, 2.45) is 5.92 Å². The van der Waals surface area contributed by atoms with E-state index in [9.17, 15) is 4.79 Å². The number of ether oxygens (including phenoxy) is 1. The lowest BCUT2D eigenvalue weighted by Crippen LogP contribution is -2.45. The zero-order valence-electron chi connectivity index (χ0n) is 13.1. The van der Waals surface area contributed by atoms with Crippen LogP contribution in [0.15, 0.2) is 0 Å². The molecule has 0 radical (unpaired) electrons. The summed E-state index contributed by atoms with van der Waals surface area (Å²) in [6.45, 7) is 7.32. The van der Waals surface area contributed by atoms with E-state index in [2.05, 4.69) is 10.6 Å². The number of hydrogen-bond donors (Lipinski definition) is 3. The Bertz CT molecular complexity index is 289. The number of carbonyl (C=O) groups excluding carboxylic acids is 1. The van der Waals surface area contributed by atoms with Crippen LogP contribution in [0.4, 0.5) is 4.79 Å². The van der Waals surface area contributed by atoms with Gasteiger partial charge in [-0.15, -0.1) is 0 Å². The first-order valence-corrected chi connectivity index (χ1v) is 7.73. The first kappa shape index (κ1) is 17.2. The van der Waals surface area contributed by atoms with Crippen LogP contribution < -0.4 is 10.6 Å². The van der Waals surface area contributed by atoms with Crippen LogP contribution >= 0.6 is 0 Å². The van der Waals surface area contributed by atoms with Crippen LogP contribution in [-0.4, -0.2) is 42.5 Å². The summed E-state index contributed by atoms with van der Waals surface area (Å²) in [6, 6.07) is 0.435. The number of aliphatic hydroxyl groups is 1. The number of alkyl carbamates (subject to hydrolysis) is 1. The van der Waals surface area contributed by atoms with E-state index in [-0.39, 0.29) is 12.7 Å². The molecule has 1 fully saturated rings. The lowest BCUT2D eigenvalue weighted by Gasteiger charge is -2.32. The molecule has 0 heterocycles. The summed E-state index contributed by atoms with van der Waals surface area (Å²) >= 11 is 0. The molecule has 0 aromatic carbocycles. The Labute approximate surface area is 122 Å². The van der Waals surface area contributed by atoms with Gasteiger partial charge in [-0.3, -0.25) is 0 Å². The third-order valence-corrected chi connectivity index (χ3v) is 3.56. The largest absolute Gasteiger partial charge is 0.444 e. The predicted octanol–water partition coefficient (Wildman–Crippen LogP) is 2.04. The van der Waals surface area contributed by atoms with Crippen LogP contribution in [0.25, 0.3) is 0 Å². The van der Waals surface area contributed by atoms with Crippen molar-refractivity contribution in [2.45, 2.75) is 64.5 Å². The smallest absolute Gasteiger partial charge is 0.407 e. The van der Waals surface area contributed by atoms with Gasteiger partial charge in [-0.1, -0.05) is 12.8 Å². The average molecular weight is 286 g/mol. The Hall–Kier alpha value is -0.810. The number of amides is 1. The molecular weight excluding hydrogens is 256 g/mol. The molecule has 1 saturated carbocycles. The minimum atomic E-state index is -0.449. The molecule has 5 heteroatoms. The highest BCUT2D eigenvalue weighted by molar-refractivity contribution is 5.67. The molecule has 3 N–H and O–H groups in total. The third-order valence-electron chi connectivity index (χ3n) is 3.56. The summed E-state index contributed by atoms with van der Waals surface area (Å²) in [5.41, 5.74) is -0.449. The highest BCUT2D eigenvalue weighted by Crippen LogP contribution is 2.24. The van der Waals surface area contributed by atoms with Crippen LogP contribution in [0.5, 0.6) is 0 Å². The molecule has 1 rings (SSSR count). The van der Waals surface area contributed by atoms with E-state index in [1.807, 2.05) is 20.8 Å². The van der Waals surface area contributed by atoms with Gasteiger partial charge in [0, 0.05) is 19.2 Å². The Morgan fingerprint density at radius 3 is 2.65 bits per heavy atom. The Kier molecular flexibility index (Phi) is 7.30. The number of rotatable bonds is 6. The van der Waals surface area contributed by atoms with Crippen LogP contribution in [0.3, 0.4) is 0 Å². The van der Waals surface area contributed by atoms with Crippen molar-refractivity contribution in [1.82, 2.24) is 10.6 Å². The molecule has 2 atom stereocenters. The molecule has 20 heavy (non-hydrogen) atoms. The normalized spacial score (nSPS) is 23.4. The van der Waals surface area contributed by atoms with Crippen molar-refractivity contribution >= 4 is 6.09 Å².